The van der Waals surface area contributed by atoms with Crippen molar-refractivity contribution in [3.05, 3.63) is 125 Å². The van der Waals surface area contributed by atoms with Crippen molar-refractivity contribution in [3.8, 4) is 0 Å². The molecule has 190 valence electrons. The van der Waals surface area contributed by atoms with Crippen LogP contribution in [0.1, 0.15) is 66.6 Å². The lowest BCUT2D eigenvalue weighted by Gasteiger charge is -2.37. The minimum absolute atomic E-state index is 0.143. The van der Waals surface area contributed by atoms with Gasteiger partial charge in [-0.25, -0.2) is 4.79 Å². The molecule has 0 aromatic heterocycles. The van der Waals surface area contributed by atoms with E-state index >= 15 is 0 Å². The molecule has 1 saturated heterocycles. The highest BCUT2D eigenvalue weighted by molar-refractivity contribution is 5.91. The van der Waals surface area contributed by atoms with Gasteiger partial charge in [0, 0.05) is 5.57 Å². The fraction of sp³-hybridized carbons (Fsp3) is 0.303. The molecule has 4 heteroatoms. The summed E-state index contributed by atoms with van der Waals surface area (Å²) < 4.78 is 19.3. The predicted molar refractivity (Wildman–Crippen MR) is 146 cm³/mol. The van der Waals surface area contributed by atoms with Crippen LogP contribution < -0.4 is 0 Å². The van der Waals surface area contributed by atoms with Crippen LogP contribution in [0.5, 0.6) is 0 Å². The Hall–Kier alpha value is -3.47. The SMILES string of the molecule is CC[C@H]1O[C@@H](CC)[C@](C2=CC(OC(=O)c3ccccc3)=C(c3ccccc3)CC2)(c2ccc(C)cc2)O1. The predicted octanol–water partition coefficient (Wildman–Crippen LogP) is 7.74. The largest absolute Gasteiger partial charge is 0.423 e. The third kappa shape index (κ3) is 4.92. The Kier molecular flexibility index (Phi) is 7.40. The van der Waals surface area contributed by atoms with Gasteiger partial charge in [0.15, 0.2) is 6.29 Å². The highest BCUT2D eigenvalue weighted by atomic mass is 16.7. The van der Waals surface area contributed by atoms with Gasteiger partial charge in [0.25, 0.3) is 0 Å². The molecule has 0 spiro atoms. The number of esters is 1. The van der Waals surface area contributed by atoms with Gasteiger partial charge in [-0.2, -0.15) is 0 Å². The average molecular weight is 495 g/mol. The third-order valence-electron chi connectivity index (χ3n) is 7.33. The van der Waals surface area contributed by atoms with Crippen LogP contribution in [-0.2, 0) is 19.8 Å². The van der Waals surface area contributed by atoms with E-state index < -0.39 is 5.60 Å². The highest BCUT2D eigenvalue weighted by Crippen LogP contribution is 2.50. The van der Waals surface area contributed by atoms with E-state index in [2.05, 4.69) is 57.2 Å². The van der Waals surface area contributed by atoms with Crippen LogP contribution in [0, 0.1) is 6.92 Å². The molecule has 3 atom stereocenters. The van der Waals surface area contributed by atoms with Gasteiger partial charge in [0.2, 0.25) is 0 Å². The molecule has 4 nitrogen and oxygen atoms in total. The van der Waals surface area contributed by atoms with Gasteiger partial charge in [-0.05, 0) is 67.5 Å². The van der Waals surface area contributed by atoms with Crippen LogP contribution in [0.15, 0.2) is 102 Å². The zero-order valence-corrected chi connectivity index (χ0v) is 21.8. The van der Waals surface area contributed by atoms with Crippen LogP contribution in [0.4, 0.5) is 0 Å². The fourth-order valence-corrected chi connectivity index (χ4v) is 5.42. The minimum Gasteiger partial charge on any atom is -0.423 e. The average Bonchev–Trinajstić information content (AvgIpc) is 3.34. The van der Waals surface area contributed by atoms with Gasteiger partial charge in [0.1, 0.15) is 11.4 Å². The molecule has 1 aliphatic heterocycles. The monoisotopic (exact) mass is 494 g/mol. The Balaban J connectivity index is 1.64. The number of aryl methyl sites for hydroxylation is 1. The van der Waals surface area contributed by atoms with Crippen molar-refractivity contribution in [2.24, 2.45) is 0 Å². The Morgan fingerprint density at radius 2 is 1.57 bits per heavy atom. The molecule has 0 radical (unpaired) electrons. The van der Waals surface area contributed by atoms with Crippen molar-refractivity contribution in [2.75, 3.05) is 0 Å². The number of hydrogen-bond donors (Lipinski definition) is 0. The number of ether oxygens (including phenoxy) is 3. The van der Waals surface area contributed by atoms with Crippen molar-refractivity contribution in [1.82, 2.24) is 0 Å². The Labute approximate surface area is 219 Å². The Morgan fingerprint density at radius 1 is 0.892 bits per heavy atom. The lowest BCUT2D eigenvalue weighted by Crippen LogP contribution is -2.39. The van der Waals surface area contributed by atoms with Crippen molar-refractivity contribution in [2.45, 2.75) is 64.4 Å². The molecule has 37 heavy (non-hydrogen) atoms. The first-order chi connectivity index (χ1) is 18.0. The lowest BCUT2D eigenvalue weighted by molar-refractivity contribution is -0.0841. The Morgan fingerprint density at radius 3 is 2.22 bits per heavy atom. The van der Waals surface area contributed by atoms with Crippen LogP contribution in [0.2, 0.25) is 0 Å². The summed E-state index contributed by atoms with van der Waals surface area (Å²) in [6.45, 7) is 6.31. The molecule has 2 aliphatic rings. The maximum absolute atomic E-state index is 13.2. The van der Waals surface area contributed by atoms with Crippen LogP contribution in [-0.4, -0.2) is 18.4 Å². The normalized spacial score (nSPS) is 23.6. The third-order valence-corrected chi connectivity index (χ3v) is 7.33. The van der Waals surface area contributed by atoms with E-state index in [-0.39, 0.29) is 18.4 Å². The van der Waals surface area contributed by atoms with Gasteiger partial charge >= 0.3 is 5.97 Å². The number of rotatable bonds is 7. The number of carbonyl (C=O) groups excluding carboxylic acids is 1. The maximum atomic E-state index is 13.2. The van der Waals surface area contributed by atoms with Gasteiger partial charge in [-0.3, -0.25) is 0 Å². The number of benzene rings is 3. The van der Waals surface area contributed by atoms with E-state index in [1.165, 1.54) is 5.56 Å². The van der Waals surface area contributed by atoms with Crippen LogP contribution >= 0.6 is 0 Å². The Bertz CT molecular complexity index is 1290. The van der Waals surface area contributed by atoms with E-state index in [1.807, 2.05) is 42.5 Å². The van der Waals surface area contributed by atoms with Crippen molar-refractivity contribution in [3.63, 3.8) is 0 Å². The summed E-state index contributed by atoms with van der Waals surface area (Å²) in [5.74, 6) is 0.208. The first-order valence-corrected chi connectivity index (χ1v) is 13.2. The van der Waals surface area contributed by atoms with Crippen molar-refractivity contribution < 1.29 is 19.0 Å². The summed E-state index contributed by atoms with van der Waals surface area (Å²) in [5.41, 5.74) is 5.20. The first kappa shape index (κ1) is 25.2. The molecule has 5 rings (SSSR count). The zero-order chi connectivity index (χ0) is 25.8. The topological polar surface area (TPSA) is 44.8 Å². The smallest absolute Gasteiger partial charge is 0.343 e. The van der Waals surface area contributed by atoms with Crippen LogP contribution in [0.25, 0.3) is 5.57 Å². The molecule has 0 unspecified atom stereocenters. The van der Waals surface area contributed by atoms with Gasteiger partial charge in [-0.15, -0.1) is 0 Å². The second-order valence-corrected chi connectivity index (χ2v) is 9.72. The quantitative estimate of drug-likeness (QED) is 0.315. The van der Waals surface area contributed by atoms with Crippen molar-refractivity contribution in [1.29, 1.82) is 0 Å². The zero-order valence-electron chi connectivity index (χ0n) is 21.8. The maximum Gasteiger partial charge on any atom is 0.343 e. The standard InChI is InChI=1S/C33H34O4/c1-4-30-33(37-31(5-2)36-30,26-18-16-23(3)17-19-26)27-20-21-28(24-12-8-6-9-13-24)29(22-27)35-32(34)25-14-10-7-11-15-25/h6-19,22,30-31H,4-5,20-21H2,1-3H3/t30-,31-,33+/m0/s1. The molecule has 0 amide bonds. The minimum atomic E-state index is -0.740. The number of hydrogen-bond acceptors (Lipinski definition) is 4. The van der Waals surface area contributed by atoms with Gasteiger partial charge < -0.3 is 14.2 Å². The summed E-state index contributed by atoms with van der Waals surface area (Å²) in [6.07, 6.45) is 4.68. The van der Waals surface area contributed by atoms with Crippen LogP contribution in [0.3, 0.4) is 0 Å². The summed E-state index contributed by atoms with van der Waals surface area (Å²) in [7, 11) is 0. The summed E-state index contributed by atoms with van der Waals surface area (Å²) in [4.78, 5) is 13.2. The van der Waals surface area contributed by atoms with E-state index in [0.29, 0.717) is 11.3 Å². The van der Waals surface area contributed by atoms with Gasteiger partial charge in [-0.1, -0.05) is 92.2 Å². The molecule has 3 aromatic carbocycles. The molecule has 0 saturated carbocycles. The second-order valence-electron chi connectivity index (χ2n) is 9.72. The summed E-state index contributed by atoms with van der Waals surface area (Å²) >= 11 is 0. The van der Waals surface area contributed by atoms with Gasteiger partial charge in [0.05, 0.1) is 11.7 Å². The van der Waals surface area contributed by atoms with E-state index in [9.17, 15) is 4.79 Å². The number of carbonyl (C=O) groups is 1. The second kappa shape index (κ2) is 10.9. The molecular formula is C33H34O4. The summed E-state index contributed by atoms with van der Waals surface area (Å²) in [5, 5.41) is 0. The van der Waals surface area contributed by atoms with Crippen molar-refractivity contribution >= 4 is 11.5 Å². The highest BCUT2D eigenvalue weighted by Gasteiger charge is 2.52. The molecule has 3 aromatic rings. The number of allylic oxidation sites excluding steroid dienone is 2. The lowest BCUT2D eigenvalue weighted by atomic mass is 9.75. The van der Waals surface area contributed by atoms with E-state index in [0.717, 1.165) is 48.0 Å². The molecule has 1 heterocycles. The summed E-state index contributed by atoms with van der Waals surface area (Å²) in [6, 6.07) is 27.8. The van der Waals surface area contributed by atoms with E-state index in [4.69, 9.17) is 14.2 Å². The molecule has 1 fully saturated rings. The van der Waals surface area contributed by atoms with E-state index in [1.54, 1.807) is 12.1 Å². The first-order valence-electron chi connectivity index (χ1n) is 13.2. The fourth-order valence-electron chi connectivity index (χ4n) is 5.42. The molecule has 0 bridgehead atoms. The molecular weight excluding hydrogens is 460 g/mol. The molecule has 0 N–H and O–H groups in total. The molecule has 1 aliphatic carbocycles.